The van der Waals surface area contributed by atoms with Crippen LogP contribution in [0.3, 0.4) is 0 Å². The van der Waals surface area contributed by atoms with Gasteiger partial charge < -0.3 is 10.1 Å². The summed E-state index contributed by atoms with van der Waals surface area (Å²) in [6, 6.07) is 13.0. The molecule has 0 aliphatic carbocycles. The topological polar surface area (TPSA) is 96.5 Å². The minimum atomic E-state index is -0.808. The fourth-order valence-corrected chi connectivity index (χ4v) is 3.14. The van der Waals surface area contributed by atoms with E-state index in [1.807, 2.05) is 25.3 Å². The van der Waals surface area contributed by atoms with Crippen molar-refractivity contribution in [1.82, 2.24) is 16.2 Å². The summed E-state index contributed by atoms with van der Waals surface area (Å²) in [4.78, 5) is 37.6. The minimum Gasteiger partial charge on any atom is -0.496 e. The number of aryl methyl sites for hydroxylation is 1. The van der Waals surface area contributed by atoms with Crippen LogP contribution in [-0.2, 0) is 4.79 Å². The van der Waals surface area contributed by atoms with Crippen LogP contribution < -0.4 is 20.9 Å². The molecule has 0 unspecified atom stereocenters. The SMILES string of the molecule is COc1ccccc1C(=O)N[C@@H](CCSC)C(=O)NNC(=O)c1ccccc1C. The lowest BCUT2D eigenvalue weighted by molar-refractivity contribution is -0.123. The van der Waals surface area contributed by atoms with Gasteiger partial charge in [-0.1, -0.05) is 30.3 Å². The van der Waals surface area contributed by atoms with Gasteiger partial charge in [0.25, 0.3) is 17.7 Å². The van der Waals surface area contributed by atoms with Crippen molar-refractivity contribution < 1.29 is 19.1 Å². The Morgan fingerprint density at radius 3 is 2.28 bits per heavy atom. The fourth-order valence-electron chi connectivity index (χ4n) is 2.67. The molecule has 0 spiro atoms. The van der Waals surface area contributed by atoms with Crippen molar-refractivity contribution in [1.29, 1.82) is 0 Å². The van der Waals surface area contributed by atoms with Gasteiger partial charge in [-0.05, 0) is 49.1 Å². The average Bonchev–Trinajstić information content (AvgIpc) is 2.74. The first-order chi connectivity index (χ1) is 14.0. The summed E-state index contributed by atoms with van der Waals surface area (Å²) >= 11 is 1.56. The van der Waals surface area contributed by atoms with Crippen molar-refractivity contribution in [3.8, 4) is 5.75 Å². The van der Waals surface area contributed by atoms with Crippen molar-refractivity contribution in [2.45, 2.75) is 19.4 Å². The molecule has 1 atom stereocenters. The minimum absolute atomic E-state index is 0.334. The Morgan fingerprint density at radius 1 is 0.966 bits per heavy atom. The van der Waals surface area contributed by atoms with E-state index in [9.17, 15) is 14.4 Å². The summed E-state index contributed by atoms with van der Waals surface area (Å²) in [5.74, 6) is -0.257. The summed E-state index contributed by atoms with van der Waals surface area (Å²) in [5, 5.41) is 2.72. The number of thioether (sulfide) groups is 1. The zero-order valence-electron chi connectivity index (χ0n) is 16.7. The van der Waals surface area contributed by atoms with Gasteiger partial charge in [0.15, 0.2) is 0 Å². The number of methoxy groups -OCH3 is 1. The van der Waals surface area contributed by atoms with Gasteiger partial charge in [-0.3, -0.25) is 25.2 Å². The first-order valence-corrected chi connectivity index (χ1v) is 10.5. The van der Waals surface area contributed by atoms with Crippen LogP contribution in [0.1, 0.15) is 32.7 Å². The number of amides is 3. The lowest BCUT2D eigenvalue weighted by Gasteiger charge is -2.19. The molecule has 29 heavy (non-hydrogen) atoms. The van der Waals surface area contributed by atoms with E-state index in [2.05, 4.69) is 16.2 Å². The Labute approximate surface area is 174 Å². The van der Waals surface area contributed by atoms with Crippen molar-refractivity contribution >= 4 is 29.5 Å². The molecular weight excluding hydrogens is 390 g/mol. The summed E-state index contributed by atoms with van der Waals surface area (Å²) < 4.78 is 5.21. The highest BCUT2D eigenvalue weighted by molar-refractivity contribution is 7.98. The molecule has 3 amide bonds. The van der Waals surface area contributed by atoms with Gasteiger partial charge >= 0.3 is 0 Å². The molecule has 0 aliphatic heterocycles. The third-order valence-electron chi connectivity index (χ3n) is 4.27. The molecule has 3 N–H and O–H groups in total. The molecule has 2 aromatic rings. The van der Waals surface area contributed by atoms with E-state index in [0.717, 1.165) is 5.56 Å². The Bertz CT molecular complexity index is 873. The molecule has 0 aromatic heterocycles. The molecule has 0 saturated heterocycles. The zero-order valence-corrected chi connectivity index (χ0v) is 17.5. The Hall–Kier alpha value is -3.00. The number of rotatable bonds is 8. The normalized spacial score (nSPS) is 11.3. The second kappa shape index (κ2) is 11.1. The number of carbonyl (C=O) groups excluding carboxylic acids is 3. The molecule has 154 valence electrons. The van der Waals surface area contributed by atoms with E-state index in [0.29, 0.717) is 29.1 Å². The number of hydrogen-bond acceptors (Lipinski definition) is 5. The molecule has 8 heteroatoms. The number of para-hydroxylation sites is 1. The number of ether oxygens (including phenoxy) is 1. The predicted molar refractivity (Wildman–Crippen MR) is 114 cm³/mol. The summed E-state index contributed by atoms with van der Waals surface area (Å²) in [7, 11) is 1.48. The van der Waals surface area contributed by atoms with Gasteiger partial charge in [0.05, 0.1) is 12.7 Å². The summed E-state index contributed by atoms with van der Waals surface area (Å²) in [6.07, 6.45) is 2.32. The van der Waals surface area contributed by atoms with Gasteiger partial charge in [0.2, 0.25) is 0 Å². The number of hydrogen-bond donors (Lipinski definition) is 3. The van der Waals surface area contributed by atoms with Gasteiger partial charge in [-0.15, -0.1) is 0 Å². The number of benzene rings is 2. The monoisotopic (exact) mass is 415 g/mol. The van der Waals surface area contributed by atoms with Crippen molar-refractivity contribution in [2.24, 2.45) is 0 Å². The number of nitrogens with one attached hydrogen (secondary N) is 3. The molecule has 0 aliphatic rings. The smallest absolute Gasteiger partial charge is 0.269 e. The molecule has 0 bridgehead atoms. The van der Waals surface area contributed by atoms with Crippen LogP contribution in [0.15, 0.2) is 48.5 Å². The van der Waals surface area contributed by atoms with E-state index < -0.39 is 23.8 Å². The van der Waals surface area contributed by atoms with Crippen LogP contribution in [0.25, 0.3) is 0 Å². The van der Waals surface area contributed by atoms with Crippen LogP contribution in [0.4, 0.5) is 0 Å². The molecular formula is C21H25N3O4S. The highest BCUT2D eigenvalue weighted by atomic mass is 32.2. The van der Waals surface area contributed by atoms with E-state index in [1.54, 1.807) is 48.2 Å². The largest absolute Gasteiger partial charge is 0.496 e. The van der Waals surface area contributed by atoms with Crippen molar-refractivity contribution in [3.63, 3.8) is 0 Å². The number of hydrazine groups is 1. The predicted octanol–water partition coefficient (Wildman–Crippen LogP) is 2.32. The van der Waals surface area contributed by atoms with Gasteiger partial charge in [0.1, 0.15) is 11.8 Å². The van der Waals surface area contributed by atoms with Crippen LogP contribution >= 0.6 is 11.8 Å². The highest BCUT2D eigenvalue weighted by Gasteiger charge is 2.23. The third-order valence-corrected chi connectivity index (χ3v) is 4.92. The quantitative estimate of drug-likeness (QED) is 0.575. The van der Waals surface area contributed by atoms with E-state index in [1.165, 1.54) is 7.11 Å². The molecule has 2 rings (SSSR count). The van der Waals surface area contributed by atoms with E-state index in [4.69, 9.17) is 4.74 Å². The first-order valence-electron chi connectivity index (χ1n) is 9.06. The maximum absolute atomic E-state index is 12.6. The van der Waals surface area contributed by atoms with Crippen molar-refractivity contribution in [2.75, 3.05) is 19.1 Å². The molecule has 7 nitrogen and oxygen atoms in total. The summed E-state index contributed by atoms with van der Waals surface area (Å²) in [5.41, 5.74) is 6.41. The third kappa shape index (κ3) is 6.25. The first kappa shape index (κ1) is 22.3. The van der Waals surface area contributed by atoms with Gasteiger partial charge in [0, 0.05) is 5.56 Å². The molecule has 0 saturated carbocycles. The van der Waals surface area contributed by atoms with Gasteiger partial charge in [-0.25, -0.2) is 0 Å². The van der Waals surface area contributed by atoms with E-state index >= 15 is 0 Å². The molecule has 2 aromatic carbocycles. The second-order valence-corrected chi connectivity index (χ2v) is 7.25. The zero-order chi connectivity index (χ0) is 21.2. The van der Waals surface area contributed by atoms with Crippen LogP contribution in [-0.4, -0.2) is 42.9 Å². The van der Waals surface area contributed by atoms with Gasteiger partial charge in [-0.2, -0.15) is 11.8 Å². The van der Waals surface area contributed by atoms with E-state index in [-0.39, 0.29) is 0 Å². The highest BCUT2D eigenvalue weighted by Crippen LogP contribution is 2.17. The molecule has 0 heterocycles. The van der Waals surface area contributed by atoms with Crippen LogP contribution in [0.5, 0.6) is 5.75 Å². The summed E-state index contributed by atoms with van der Waals surface area (Å²) in [6.45, 7) is 1.81. The van der Waals surface area contributed by atoms with Crippen molar-refractivity contribution in [3.05, 3.63) is 65.2 Å². The lowest BCUT2D eigenvalue weighted by atomic mass is 10.1. The van der Waals surface area contributed by atoms with Crippen LogP contribution in [0.2, 0.25) is 0 Å². The molecule has 0 fully saturated rings. The number of carbonyl (C=O) groups is 3. The molecule has 0 radical (unpaired) electrons. The maximum Gasteiger partial charge on any atom is 0.269 e. The maximum atomic E-state index is 12.6. The standard InChI is InChI=1S/C21H25N3O4S/c1-14-8-4-5-9-15(14)20(26)23-24-21(27)17(12-13-29-3)22-19(25)16-10-6-7-11-18(16)28-2/h4-11,17H,12-13H2,1-3H3,(H,22,25)(H,23,26)(H,24,27)/t17-/m0/s1. The Morgan fingerprint density at radius 2 is 1.62 bits per heavy atom. The average molecular weight is 416 g/mol. The Kier molecular flexibility index (Phi) is 8.54. The Balaban J connectivity index is 2.04. The lowest BCUT2D eigenvalue weighted by Crippen LogP contribution is -2.52. The van der Waals surface area contributed by atoms with Crippen LogP contribution in [0, 0.1) is 6.92 Å². The fraction of sp³-hybridized carbons (Fsp3) is 0.286. The second-order valence-electron chi connectivity index (χ2n) is 6.27.